The molecule has 0 amide bonds. The molecule has 0 bridgehead atoms. The van der Waals surface area contributed by atoms with Gasteiger partial charge in [-0.2, -0.15) is 0 Å². The van der Waals surface area contributed by atoms with Crippen LogP contribution in [-0.4, -0.2) is 0 Å². The molecule has 0 aromatic heterocycles. The number of hydrogen-bond donors (Lipinski definition) is 0. The standard InChI is InChI=1S/Au.Pd.Pt.Rh/q+1;3*+2. The topological polar surface area (TPSA) is 0 Å². The van der Waals surface area contributed by atoms with Crippen molar-refractivity contribution in [1.29, 1.82) is 0 Å². The van der Waals surface area contributed by atoms with Gasteiger partial charge in [0.05, 0.1) is 0 Å². The summed E-state index contributed by atoms with van der Waals surface area (Å²) in [5, 5.41) is 0. The summed E-state index contributed by atoms with van der Waals surface area (Å²) in [7, 11) is 0. The van der Waals surface area contributed by atoms with Crippen LogP contribution in [-0.2, 0) is 83.3 Å². The van der Waals surface area contributed by atoms with Crippen molar-refractivity contribution in [2.45, 2.75) is 0 Å². The molecule has 0 unspecified atom stereocenters. The molecule has 0 fully saturated rings. The van der Waals surface area contributed by atoms with E-state index in [2.05, 4.69) is 0 Å². The van der Waals surface area contributed by atoms with Crippen molar-refractivity contribution in [3.8, 4) is 0 Å². The molecule has 0 aliphatic rings. The van der Waals surface area contributed by atoms with Crippen molar-refractivity contribution in [3.63, 3.8) is 0 Å². The van der Waals surface area contributed by atoms with E-state index < -0.39 is 0 Å². The van der Waals surface area contributed by atoms with E-state index >= 15 is 0 Å². The van der Waals surface area contributed by atoms with Crippen LogP contribution in [0.5, 0.6) is 0 Å². The van der Waals surface area contributed by atoms with Gasteiger partial charge in [-0.05, 0) is 0 Å². The van der Waals surface area contributed by atoms with Crippen LogP contribution in [0, 0.1) is 0 Å². The fraction of sp³-hybridized carbons (Fsp3) is 0. The fourth-order valence-electron chi connectivity index (χ4n) is 0. The predicted molar refractivity (Wildman–Crippen MR) is 0 cm³/mol. The zero-order valence-electron chi connectivity index (χ0n) is 1.27. The minimum absolute atomic E-state index is 0. The maximum absolute atomic E-state index is 0. The first-order chi connectivity index (χ1) is 0. The van der Waals surface area contributed by atoms with Gasteiger partial charge >= 0.3 is 83.3 Å². The molecule has 0 heterocycles. The minimum atomic E-state index is 0. The van der Waals surface area contributed by atoms with Gasteiger partial charge in [-0.25, -0.2) is 0 Å². The summed E-state index contributed by atoms with van der Waals surface area (Å²) >= 11 is 0. The Kier molecular flexibility index (Phi) is 128. The van der Waals surface area contributed by atoms with Crippen molar-refractivity contribution in [3.05, 3.63) is 0 Å². The summed E-state index contributed by atoms with van der Waals surface area (Å²) in [6, 6.07) is 0. The van der Waals surface area contributed by atoms with E-state index in [-0.39, 0.29) is 83.3 Å². The van der Waals surface area contributed by atoms with Crippen LogP contribution in [0.4, 0.5) is 0 Å². The second-order valence-corrected chi connectivity index (χ2v) is 0. The van der Waals surface area contributed by atoms with Gasteiger partial charge in [-0.3, -0.25) is 0 Å². The Hall–Kier alpha value is 2.71. The third kappa shape index (κ3) is 8.83. The van der Waals surface area contributed by atoms with Gasteiger partial charge in [-0.15, -0.1) is 0 Å². The first-order valence-corrected chi connectivity index (χ1v) is 0. The summed E-state index contributed by atoms with van der Waals surface area (Å²) in [6.07, 6.45) is 0. The van der Waals surface area contributed by atoms with Crippen LogP contribution in [0.3, 0.4) is 0 Å². The fourth-order valence-corrected chi connectivity index (χ4v) is 0. The Balaban J connectivity index is 0. The smallest absolute Gasteiger partial charge is 1.00 e. The minimum Gasteiger partial charge on any atom is 1.00 e. The molecular weight excluding hydrogens is 601 g/mol. The first-order valence-electron chi connectivity index (χ1n) is 0. The molecule has 4 heavy (non-hydrogen) atoms. The predicted octanol–water partition coefficient (Wildman–Crippen LogP) is -0.0100. The van der Waals surface area contributed by atoms with Crippen LogP contribution in [0.1, 0.15) is 0 Å². The van der Waals surface area contributed by atoms with Gasteiger partial charge in [0.2, 0.25) is 0 Å². The second kappa shape index (κ2) is 17.2. The van der Waals surface area contributed by atoms with E-state index in [1.165, 1.54) is 0 Å². The summed E-state index contributed by atoms with van der Waals surface area (Å²) in [5.41, 5.74) is 0. The van der Waals surface area contributed by atoms with Crippen molar-refractivity contribution in [1.82, 2.24) is 0 Å². The van der Waals surface area contributed by atoms with Crippen LogP contribution in [0.2, 0.25) is 0 Å². The van der Waals surface area contributed by atoms with Crippen molar-refractivity contribution < 1.29 is 83.3 Å². The van der Waals surface area contributed by atoms with Crippen LogP contribution >= 0.6 is 0 Å². The maximum Gasteiger partial charge on any atom is 2.00 e. The summed E-state index contributed by atoms with van der Waals surface area (Å²) in [4.78, 5) is 0. The van der Waals surface area contributed by atoms with Crippen LogP contribution < -0.4 is 0 Å². The van der Waals surface area contributed by atoms with E-state index in [1.54, 1.807) is 0 Å². The van der Waals surface area contributed by atoms with Crippen LogP contribution in [0.15, 0.2) is 0 Å². The maximum atomic E-state index is 0. The van der Waals surface area contributed by atoms with E-state index in [9.17, 15) is 0 Å². The molecule has 4 heteroatoms. The molecule has 0 saturated carbocycles. The molecule has 1 radical (unpaired) electrons. The Bertz CT molecular complexity index is 8.00. The van der Waals surface area contributed by atoms with Crippen molar-refractivity contribution >= 4 is 0 Å². The molecule has 0 aliphatic carbocycles. The Morgan fingerprint density at radius 2 is 1.00 bits per heavy atom. The zero-order valence-corrected chi connectivity index (χ0v) is 8.90. The second-order valence-electron chi connectivity index (χ2n) is 0. The third-order valence-corrected chi connectivity index (χ3v) is 0. The molecular formula is AuPdPtRh+7. The normalized spacial score (nSPS) is 0. The number of rotatable bonds is 0. The van der Waals surface area contributed by atoms with E-state index in [0.29, 0.717) is 0 Å². The molecule has 33 valence electrons. The molecule has 0 spiro atoms. The van der Waals surface area contributed by atoms with Gasteiger partial charge in [-0.1, -0.05) is 0 Å². The third-order valence-electron chi connectivity index (χ3n) is 0. The van der Waals surface area contributed by atoms with Gasteiger partial charge in [0.25, 0.3) is 0 Å². The van der Waals surface area contributed by atoms with Gasteiger partial charge in [0.1, 0.15) is 0 Å². The summed E-state index contributed by atoms with van der Waals surface area (Å²) < 4.78 is 0. The average Bonchev–Trinajstić information content (AvgIpc) is 0. The molecule has 0 aliphatic heterocycles. The van der Waals surface area contributed by atoms with Crippen molar-refractivity contribution in [2.75, 3.05) is 0 Å². The Morgan fingerprint density at radius 1 is 1.00 bits per heavy atom. The van der Waals surface area contributed by atoms with Gasteiger partial charge in [0.15, 0.2) is 0 Å². The van der Waals surface area contributed by atoms with Crippen molar-refractivity contribution in [2.24, 2.45) is 0 Å². The zero-order chi connectivity index (χ0) is 0. The molecule has 0 nitrogen and oxygen atoms in total. The van der Waals surface area contributed by atoms with E-state index in [1.807, 2.05) is 0 Å². The monoisotopic (exact) mass is 601 g/mol. The quantitative estimate of drug-likeness (QED) is 0.343. The van der Waals surface area contributed by atoms with E-state index in [0.717, 1.165) is 0 Å². The molecule has 0 rings (SSSR count). The molecule has 0 atom stereocenters. The Labute approximate surface area is 82.1 Å². The number of hydrogen-bond acceptors (Lipinski definition) is 0. The largest absolute Gasteiger partial charge is 2.00 e. The molecule has 0 aromatic rings. The van der Waals surface area contributed by atoms with Gasteiger partial charge in [0, 0.05) is 0 Å². The molecule has 0 aromatic carbocycles. The SMILES string of the molecule is [Au+].[Pd+2].[Pt+2].[Rh+2]. The first kappa shape index (κ1) is 29.8. The molecule has 0 N–H and O–H groups in total. The summed E-state index contributed by atoms with van der Waals surface area (Å²) in [6.45, 7) is 0. The van der Waals surface area contributed by atoms with E-state index in [4.69, 9.17) is 0 Å². The van der Waals surface area contributed by atoms with Crippen LogP contribution in [0.25, 0.3) is 0 Å². The Morgan fingerprint density at radius 3 is 1.00 bits per heavy atom. The summed E-state index contributed by atoms with van der Waals surface area (Å²) in [5.74, 6) is 0. The van der Waals surface area contributed by atoms with Gasteiger partial charge < -0.3 is 0 Å². The molecule has 0 saturated heterocycles. The average molecular weight is 601 g/mol.